The number of allylic oxidation sites excluding steroid dienone is 2. The van der Waals surface area contributed by atoms with E-state index in [1.54, 1.807) is 0 Å². The molecule has 0 aromatic heterocycles. The van der Waals surface area contributed by atoms with Crippen molar-refractivity contribution in [1.82, 2.24) is 0 Å². The van der Waals surface area contributed by atoms with Crippen LogP contribution in [0.25, 0.3) is 0 Å². The molecule has 0 aliphatic heterocycles. The minimum Gasteiger partial charge on any atom is -0.0885 e. The van der Waals surface area contributed by atoms with E-state index < -0.39 is 0 Å². The van der Waals surface area contributed by atoms with Gasteiger partial charge in [0.05, 0.1) is 0 Å². The molecule has 0 saturated heterocycles. The molecule has 0 aromatic rings. The molecule has 0 nitrogen and oxygen atoms in total. The van der Waals surface area contributed by atoms with Gasteiger partial charge in [-0.05, 0) is 25.2 Å². The lowest BCUT2D eigenvalue weighted by Gasteiger charge is -2.13. The van der Waals surface area contributed by atoms with Gasteiger partial charge < -0.3 is 0 Å². The lowest BCUT2D eigenvalue weighted by atomic mass is 9.93. The van der Waals surface area contributed by atoms with E-state index in [9.17, 15) is 0 Å². The van der Waals surface area contributed by atoms with Crippen LogP contribution in [0.15, 0.2) is 12.2 Å². The highest BCUT2D eigenvalue weighted by Crippen LogP contribution is 2.20. The molecule has 1 atom stereocenters. The highest BCUT2D eigenvalue weighted by atomic mass is 14.1. The zero-order valence-electron chi connectivity index (χ0n) is 13.9. The average molecular weight is 267 g/mol. The van der Waals surface area contributed by atoms with Crippen molar-refractivity contribution < 1.29 is 0 Å². The summed E-state index contributed by atoms with van der Waals surface area (Å²) in [5.41, 5.74) is 0. The summed E-state index contributed by atoms with van der Waals surface area (Å²) in [4.78, 5) is 0. The smallest absolute Gasteiger partial charge is 0.0351 e. The fourth-order valence-corrected chi connectivity index (χ4v) is 2.69. The zero-order valence-corrected chi connectivity index (χ0v) is 13.9. The molecule has 0 rings (SSSR count). The molecule has 0 heterocycles. The monoisotopic (exact) mass is 266 g/mol. The Kier molecular flexibility index (Phi) is 15.6. The second-order valence-corrected chi connectivity index (χ2v) is 6.02. The van der Waals surface area contributed by atoms with Gasteiger partial charge in [-0.15, -0.1) is 0 Å². The SMILES string of the molecule is CCC/C=C/CCCC(CC)CCCCCCCC. The molecule has 0 aromatic carbocycles. The van der Waals surface area contributed by atoms with Gasteiger partial charge in [-0.1, -0.05) is 97.1 Å². The van der Waals surface area contributed by atoms with Crippen molar-refractivity contribution >= 4 is 0 Å². The molecule has 114 valence electrons. The molecular weight excluding hydrogens is 228 g/mol. The van der Waals surface area contributed by atoms with Crippen LogP contribution < -0.4 is 0 Å². The van der Waals surface area contributed by atoms with Crippen LogP contribution in [0.2, 0.25) is 0 Å². The maximum Gasteiger partial charge on any atom is -0.0351 e. The van der Waals surface area contributed by atoms with Gasteiger partial charge >= 0.3 is 0 Å². The van der Waals surface area contributed by atoms with Gasteiger partial charge in [0.25, 0.3) is 0 Å². The summed E-state index contributed by atoms with van der Waals surface area (Å²) in [5.74, 6) is 0.991. The second kappa shape index (κ2) is 15.8. The average Bonchev–Trinajstić information content (AvgIpc) is 2.44. The second-order valence-electron chi connectivity index (χ2n) is 6.02. The van der Waals surface area contributed by atoms with E-state index in [-0.39, 0.29) is 0 Å². The Bertz CT molecular complexity index is 180. The van der Waals surface area contributed by atoms with Crippen LogP contribution in [0.3, 0.4) is 0 Å². The van der Waals surface area contributed by atoms with Gasteiger partial charge in [0, 0.05) is 0 Å². The maximum absolute atomic E-state index is 2.39. The van der Waals surface area contributed by atoms with Crippen molar-refractivity contribution in [3.8, 4) is 0 Å². The van der Waals surface area contributed by atoms with Gasteiger partial charge in [-0.25, -0.2) is 0 Å². The Hall–Kier alpha value is -0.260. The summed E-state index contributed by atoms with van der Waals surface area (Å²) >= 11 is 0. The van der Waals surface area contributed by atoms with Gasteiger partial charge in [0.1, 0.15) is 0 Å². The van der Waals surface area contributed by atoms with Crippen LogP contribution in [-0.4, -0.2) is 0 Å². The standard InChI is InChI=1S/C19H38/c1-4-7-9-11-13-15-17-19(6-3)18-16-14-12-10-8-5-2/h9,11,19H,4-8,10,12-18H2,1-3H3/b11-9+. The molecule has 0 aliphatic carbocycles. The van der Waals surface area contributed by atoms with Crippen molar-refractivity contribution in [2.24, 2.45) is 5.92 Å². The summed E-state index contributed by atoms with van der Waals surface area (Å²) in [5, 5.41) is 0. The first-order chi connectivity index (χ1) is 9.35. The molecule has 0 fully saturated rings. The van der Waals surface area contributed by atoms with Crippen molar-refractivity contribution in [3.63, 3.8) is 0 Å². The fraction of sp³-hybridized carbons (Fsp3) is 0.895. The lowest BCUT2D eigenvalue weighted by Crippen LogP contribution is -1.98. The van der Waals surface area contributed by atoms with Crippen LogP contribution in [0.1, 0.15) is 104 Å². The Balaban J connectivity index is 3.39. The van der Waals surface area contributed by atoms with Crippen molar-refractivity contribution in [3.05, 3.63) is 12.2 Å². The molecule has 0 aliphatic rings. The Labute approximate surface area is 123 Å². The molecule has 0 spiro atoms. The summed E-state index contributed by atoms with van der Waals surface area (Å²) in [7, 11) is 0. The number of unbranched alkanes of at least 4 members (excludes halogenated alkanes) is 7. The zero-order chi connectivity index (χ0) is 14.2. The van der Waals surface area contributed by atoms with E-state index in [1.807, 2.05) is 0 Å². The van der Waals surface area contributed by atoms with Crippen molar-refractivity contribution in [1.29, 1.82) is 0 Å². The van der Waals surface area contributed by atoms with Gasteiger partial charge in [-0.2, -0.15) is 0 Å². The van der Waals surface area contributed by atoms with Gasteiger partial charge in [0.2, 0.25) is 0 Å². The first-order valence-corrected chi connectivity index (χ1v) is 9.00. The Morgan fingerprint density at radius 2 is 1.26 bits per heavy atom. The molecule has 0 bridgehead atoms. The highest BCUT2D eigenvalue weighted by Gasteiger charge is 2.05. The third kappa shape index (κ3) is 14.0. The number of hydrogen-bond acceptors (Lipinski definition) is 0. The minimum absolute atomic E-state index is 0.991. The summed E-state index contributed by atoms with van der Waals surface area (Å²) in [6.45, 7) is 6.91. The van der Waals surface area contributed by atoms with E-state index in [2.05, 4.69) is 32.9 Å². The lowest BCUT2D eigenvalue weighted by molar-refractivity contribution is 0.403. The van der Waals surface area contributed by atoms with E-state index in [1.165, 1.54) is 83.5 Å². The predicted molar refractivity (Wildman–Crippen MR) is 89.7 cm³/mol. The molecule has 1 unspecified atom stereocenters. The van der Waals surface area contributed by atoms with E-state index in [4.69, 9.17) is 0 Å². The molecule has 0 heteroatoms. The first kappa shape index (κ1) is 18.7. The van der Waals surface area contributed by atoms with Crippen molar-refractivity contribution in [2.75, 3.05) is 0 Å². The van der Waals surface area contributed by atoms with Crippen LogP contribution >= 0.6 is 0 Å². The topological polar surface area (TPSA) is 0 Å². The first-order valence-electron chi connectivity index (χ1n) is 9.00. The van der Waals surface area contributed by atoms with Crippen LogP contribution in [0.5, 0.6) is 0 Å². The summed E-state index contributed by atoms with van der Waals surface area (Å²) in [6.07, 6.45) is 22.9. The number of rotatable bonds is 14. The largest absolute Gasteiger partial charge is 0.0885 e. The van der Waals surface area contributed by atoms with E-state index in [0.717, 1.165) is 5.92 Å². The molecular formula is C19H38. The van der Waals surface area contributed by atoms with Crippen LogP contribution in [0.4, 0.5) is 0 Å². The molecule has 0 amide bonds. The Morgan fingerprint density at radius 1 is 0.632 bits per heavy atom. The summed E-state index contributed by atoms with van der Waals surface area (Å²) in [6, 6.07) is 0. The highest BCUT2D eigenvalue weighted by molar-refractivity contribution is 4.81. The predicted octanol–water partition coefficient (Wildman–Crippen LogP) is 7.29. The summed E-state index contributed by atoms with van der Waals surface area (Å²) < 4.78 is 0. The molecule has 0 saturated carbocycles. The molecule has 19 heavy (non-hydrogen) atoms. The van der Waals surface area contributed by atoms with Gasteiger partial charge in [-0.3, -0.25) is 0 Å². The van der Waals surface area contributed by atoms with Crippen molar-refractivity contribution in [2.45, 2.75) is 104 Å². The number of hydrogen-bond donors (Lipinski definition) is 0. The van der Waals surface area contributed by atoms with Crippen LogP contribution in [0, 0.1) is 5.92 Å². The minimum atomic E-state index is 0.991. The normalized spacial score (nSPS) is 13.2. The molecule has 0 radical (unpaired) electrons. The maximum atomic E-state index is 2.39. The molecule has 0 N–H and O–H groups in total. The van der Waals surface area contributed by atoms with Crippen LogP contribution in [-0.2, 0) is 0 Å². The third-order valence-electron chi connectivity index (χ3n) is 4.15. The third-order valence-corrected chi connectivity index (χ3v) is 4.15. The Morgan fingerprint density at radius 3 is 1.95 bits per heavy atom. The van der Waals surface area contributed by atoms with E-state index in [0.29, 0.717) is 0 Å². The fourth-order valence-electron chi connectivity index (χ4n) is 2.69. The quantitative estimate of drug-likeness (QED) is 0.229. The van der Waals surface area contributed by atoms with E-state index >= 15 is 0 Å². The van der Waals surface area contributed by atoms with Gasteiger partial charge in [0.15, 0.2) is 0 Å².